The van der Waals surface area contributed by atoms with Gasteiger partial charge in [0, 0.05) is 11.3 Å². The molecule has 0 fully saturated rings. The Morgan fingerprint density at radius 1 is 1.17 bits per heavy atom. The normalized spacial score (nSPS) is 11.7. The van der Waals surface area contributed by atoms with E-state index in [1.54, 1.807) is 23.5 Å². The average molecular weight is 486 g/mol. The molecule has 29 heavy (non-hydrogen) atoms. The highest BCUT2D eigenvalue weighted by Crippen LogP contribution is 2.26. The quantitative estimate of drug-likeness (QED) is 0.203. The molecule has 2 aromatic carbocycles. The van der Waals surface area contributed by atoms with Crippen molar-refractivity contribution in [1.29, 1.82) is 0 Å². The van der Waals surface area contributed by atoms with Crippen molar-refractivity contribution in [3.8, 4) is 0 Å². The Morgan fingerprint density at radius 3 is 2.69 bits per heavy atom. The highest BCUT2D eigenvalue weighted by atomic mass is 79.9. The number of hydrogen-bond acceptors (Lipinski definition) is 6. The average Bonchev–Trinajstić information content (AvgIpc) is 3.36. The first-order chi connectivity index (χ1) is 14.1. The molecule has 0 bridgehead atoms. The van der Waals surface area contributed by atoms with Crippen LogP contribution >= 0.6 is 39.0 Å². The summed E-state index contributed by atoms with van der Waals surface area (Å²) in [6.07, 6.45) is 0. The van der Waals surface area contributed by atoms with Crippen LogP contribution in [0.1, 0.15) is 27.7 Å². The minimum absolute atomic E-state index is 0.238. The van der Waals surface area contributed by atoms with Crippen molar-refractivity contribution < 1.29 is 9.21 Å². The minimum atomic E-state index is -0.238. The van der Waals surface area contributed by atoms with Gasteiger partial charge in [-0.2, -0.15) is 5.10 Å². The van der Waals surface area contributed by atoms with E-state index >= 15 is 0 Å². The van der Waals surface area contributed by atoms with Gasteiger partial charge in [-0.1, -0.05) is 36.0 Å². The van der Waals surface area contributed by atoms with E-state index in [2.05, 4.69) is 31.4 Å². The molecule has 146 valence electrons. The highest BCUT2D eigenvalue weighted by Gasteiger charge is 2.08. The molecule has 0 aliphatic carbocycles. The first-order valence-corrected chi connectivity index (χ1v) is 11.4. The number of amides is 1. The van der Waals surface area contributed by atoms with E-state index in [1.807, 2.05) is 55.5 Å². The smallest absolute Gasteiger partial charge is 0.271 e. The number of nitrogens with one attached hydrogen (secondary N) is 1. The number of halogens is 1. The molecule has 2 heterocycles. The summed E-state index contributed by atoms with van der Waals surface area (Å²) >= 11 is 6.52. The van der Waals surface area contributed by atoms with E-state index in [0.29, 0.717) is 16.5 Å². The van der Waals surface area contributed by atoms with Crippen LogP contribution in [0.2, 0.25) is 0 Å². The maximum absolute atomic E-state index is 12.3. The summed E-state index contributed by atoms with van der Waals surface area (Å²) in [7, 11) is 0. The SMILES string of the molecule is C/C(=N\NC(=O)c1ccc(CSc2nc3ccccc3o2)cc1)c1ccc(Br)s1. The zero-order chi connectivity index (χ0) is 20.2. The number of thiophene rings is 1. The summed E-state index contributed by atoms with van der Waals surface area (Å²) in [4.78, 5) is 17.8. The molecule has 1 N–H and O–H groups in total. The van der Waals surface area contributed by atoms with Crippen LogP contribution in [0, 0.1) is 0 Å². The number of rotatable bonds is 6. The first-order valence-electron chi connectivity index (χ1n) is 8.76. The Balaban J connectivity index is 1.35. The van der Waals surface area contributed by atoms with Gasteiger partial charge in [-0.25, -0.2) is 10.4 Å². The lowest BCUT2D eigenvalue weighted by molar-refractivity contribution is 0.0955. The van der Waals surface area contributed by atoms with Crippen LogP contribution in [0.4, 0.5) is 0 Å². The van der Waals surface area contributed by atoms with Crippen molar-refractivity contribution in [3.05, 3.63) is 80.5 Å². The van der Waals surface area contributed by atoms with Crippen molar-refractivity contribution in [2.75, 3.05) is 0 Å². The number of thioether (sulfide) groups is 1. The van der Waals surface area contributed by atoms with Crippen molar-refractivity contribution in [2.45, 2.75) is 17.9 Å². The standard InChI is InChI=1S/C21H16BrN3O2S2/c1-13(18-10-11-19(22)29-18)24-25-20(26)15-8-6-14(7-9-15)12-28-21-23-16-4-2-3-5-17(16)27-21/h2-11H,12H2,1H3,(H,25,26)/b24-13+. The molecule has 0 aliphatic heterocycles. The van der Waals surface area contributed by atoms with Crippen LogP contribution in [0.3, 0.4) is 0 Å². The first kappa shape index (κ1) is 19.9. The van der Waals surface area contributed by atoms with Crippen LogP contribution in [-0.4, -0.2) is 16.6 Å². The maximum Gasteiger partial charge on any atom is 0.271 e. The molecule has 4 rings (SSSR count). The lowest BCUT2D eigenvalue weighted by Gasteiger charge is -2.03. The molecule has 0 unspecified atom stereocenters. The summed E-state index contributed by atoms with van der Waals surface area (Å²) in [5, 5.41) is 4.82. The van der Waals surface area contributed by atoms with Gasteiger partial charge in [-0.15, -0.1) is 11.3 Å². The zero-order valence-corrected chi connectivity index (χ0v) is 18.6. The number of aromatic nitrogens is 1. The number of hydrogen-bond donors (Lipinski definition) is 1. The van der Waals surface area contributed by atoms with Crippen molar-refractivity contribution in [3.63, 3.8) is 0 Å². The molecule has 1 amide bonds. The molecule has 0 spiro atoms. The molecule has 0 atom stereocenters. The lowest BCUT2D eigenvalue weighted by atomic mass is 10.1. The summed E-state index contributed by atoms with van der Waals surface area (Å²) < 4.78 is 6.74. The Morgan fingerprint density at radius 2 is 1.97 bits per heavy atom. The van der Waals surface area contributed by atoms with Gasteiger partial charge in [0.1, 0.15) is 5.52 Å². The number of carbonyl (C=O) groups is 1. The Bertz CT molecular complexity index is 1150. The molecule has 0 radical (unpaired) electrons. The molecule has 2 aromatic heterocycles. The van der Waals surface area contributed by atoms with Crippen LogP contribution in [-0.2, 0) is 5.75 Å². The van der Waals surface area contributed by atoms with Gasteiger partial charge >= 0.3 is 0 Å². The fourth-order valence-corrected chi connectivity index (χ4v) is 4.70. The number of benzene rings is 2. The summed E-state index contributed by atoms with van der Waals surface area (Å²) in [6, 6.07) is 19.1. The largest absolute Gasteiger partial charge is 0.431 e. The summed E-state index contributed by atoms with van der Waals surface area (Å²) in [5.41, 5.74) is 6.65. The molecular formula is C21H16BrN3O2S2. The zero-order valence-electron chi connectivity index (χ0n) is 15.4. The van der Waals surface area contributed by atoms with E-state index < -0.39 is 0 Å². The van der Waals surface area contributed by atoms with Gasteiger partial charge in [-0.3, -0.25) is 4.79 Å². The third-order valence-corrected chi connectivity index (χ3v) is 6.74. The predicted octanol–water partition coefficient (Wildman–Crippen LogP) is 6.10. The number of fused-ring (bicyclic) bond motifs is 1. The second-order valence-electron chi connectivity index (χ2n) is 6.17. The van der Waals surface area contributed by atoms with E-state index in [0.717, 1.165) is 31.0 Å². The van der Waals surface area contributed by atoms with Gasteiger partial charge in [0.25, 0.3) is 11.1 Å². The lowest BCUT2D eigenvalue weighted by Crippen LogP contribution is -2.19. The van der Waals surface area contributed by atoms with Crippen LogP contribution in [0.15, 0.2) is 79.2 Å². The molecule has 5 nitrogen and oxygen atoms in total. The van der Waals surface area contributed by atoms with Crippen molar-refractivity contribution in [2.24, 2.45) is 5.10 Å². The number of carbonyl (C=O) groups excluding carboxylic acids is 1. The van der Waals surface area contributed by atoms with Gasteiger partial charge in [-0.05, 0) is 64.8 Å². The second kappa shape index (κ2) is 8.94. The van der Waals surface area contributed by atoms with E-state index in [1.165, 1.54) is 11.8 Å². The van der Waals surface area contributed by atoms with Gasteiger partial charge in [0.05, 0.1) is 14.4 Å². The molecule has 0 aliphatic rings. The monoisotopic (exact) mass is 485 g/mol. The highest BCUT2D eigenvalue weighted by molar-refractivity contribution is 9.11. The number of nitrogens with zero attached hydrogens (tertiary/aromatic N) is 2. The number of hydrazone groups is 1. The fourth-order valence-electron chi connectivity index (χ4n) is 2.57. The van der Waals surface area contributed by atoms with E-state index in [-0.39, 0.29) is 5.91 Å². The topological polar surface area (TPSA) is 67.5 Å². The molecule has 0 saturated carbocycles. The Kier molecular flexibility index (Phi) is 6.13. The maximum atomic E-state index is 12.3. The molecule has 8 heteroatoms. The van der Waals surface area contributed by atoms with Gasteiger partial charge in [0.15, 0.2) is 5.58 Å². The van der Waals surface area contributed by atoms with E-state index in [4.69, 9.17) is 4.42 Å². The van der Waals surface area contributed by atoms with Gasteiger partial charge < -0.3 is 4.42 Å². The number of para-hydroxylation sites is 2. The van der Waals surface area contributed by atoms with Crippen molar-refractivity contribution >= 4 is 61.7 Å². The summed E-state index contributed by atoms with van der Waals surface area (Å²) in [5.74, 6) is 0.470. The third kappa shape index (κ3) is 4.95. The molecular weight excluding hydrogens is 470 g/mol. The van der Waals surface area contributed by atoms with Crippen LogP contribution in [0.25, 0.3) is 11.1 Å². The third-order valence-electron chi connectivity index (χ3n) is 4.11. The predicted molar refractivity (Wildman–Crippen MR) is 122 cm³/mol. The van der Waals surface area contributed by atoms with Gasteiger partial charge in [0.2, 0.25) is 0 Å². The summed E-state index contributed by atoms with van der Waals surface area (Å²) in [6.45, 7) is 1.87. The van der Waals surface area contributed by atoms with Crippen LogP contribution < -0.4 is 5.43 Å². The van der Waals surface area contributed by atoms with Crippen LogP contribution in [0.5, 0.6) is 0 Å². The molecule has 4 aromatic rings. The molecule has 0 saturated heterocycles. The number of oxazole rings is 1. The Hall–Kier alpha value is -2.42. The minimum Gasteiger partial charge on any atom is -0.431 e. The fraction of sp³-hybridized carbons (Fsp3) is 0.0952. The van der Waals surface area contributed by atoms with E-state index in [9.17, 15) is 4.79 Å². The van der Waals surface area contributed by atoms with Crippen molar-refractivity contribution in [1.82, 2.24) is 10.4 Å². The Labute approximate surface area is 184 Å². The second-order valence-corrected chi connectivity index (χ2v) is 9.56.